The van der Waals surface area contributed by atoms with E-state index in [1.165, 1.54) is 12.1 Å². The molecule has 0 fully saturated rings. The van der Waals surface area contributed by atoms with Crippen LogP contribution in [-0.4, -0.2) is 16.1 Å². The Bertz CT molecular complexity index is 672. The van der Waals surface area contributed by atoms with Crippen molar-refractivity contribution in [1.82, 2.24) is 4.98 Å². The third kappa shape index (κ3) is 2.89. The predicted octanol–water partition coefficient (Wildman–Crippen LogP) is 3.96. The van der Waals surface area contributed by atoms with Gasteiger partial charge in [-0.05, 0) is 12.1 Å². The largest absolute Gasteiger partial charge is 0.481 e. The van der Waals surface area contributed by atoms with Crippen LogP contribution in [0.5, 0.6) is 0 Å². The summed E-state index contributed by atoms with van der Waals surface area (Å²) in [4.78, 5) is 14.3. The van der Waals surface area contributed by atoms with Crippen molar-refractivity contribution in [3.63, 3.8) is 0 Å². The van der Waals surface area contributed by atoms with Crippen LogP contribution in [0.1, 0.15) is 5.69 Å². The van der Waals surface area contributed by atoms with E-state index in [0.29, 0.717) is 6.07 Å². The monoisotopic (exact) mass is 317 g/mol. The summed E-state index contributed by atoms with van der Waals surface area (Å²) >= 11 is 11.9. The van der Waals surface area contributed by atoms with Gasteiger partial charge in [-0.25, -0.2) is 13.8 Å². The second-order valence-electron chi connectivity index (χ2n) is 3.91. The van der Waals surface area contributed by atoms with Crippen molar-refractivity contribution in [3.05, 3.63) is 51.6 Å². The Morgan fingerprint density at radius 3 is 2.35 bits per heavy atom. The number of aliphatic carboxylic acids is 1. The van der Waals surface area contributed by atoms with Crippen LogP contribution in [0, 0.1) is 11.6 Å². The highest BCUT2D eigenvalue weighted by atomic mass is 35.5. The maximum Gasteiger partial charge on any atom is 0.309 e. The van der Waals surface area contributed by atoms with Gasteiger partial charge >= 0.3 is 5.97 Å². The van der Waals surface area contributed by atoms with Crippen molar-refractivity contribution < 1.29 is 18.7 Å². The van der Waals surface area contributed by atoms with Crippen LogP contribution in [0.2, 0.25) is 10.0 Å². The molecule has 0 spiro atoms. The molecule has 1 aromatic carbocycles. The molecule has 7 heteroatoms. The van der Waals surface area contributed by atoms with Gasteiger partial charge in [0.05, 0.1) is 22.2 Å². The van der Waals surface area contributed by atoms with Crippen LogP contribution >= 0.6 is 23.2 Å². The van der Waals surface area contributed by atoms with Crippen molar-refractivity contribution in [1.29, 1.82) is 0 Å². The first-order chi connectivity index (χ1) is 9.40. The summed E-state index contributed by atoms with van der Waals surface area (Å²) in [6.07, 6.45) is -0.665. The maximum atomic E-state index is 13.8. The first-order valence-corrected chi connectivity index (χ1v) is 6.17. The minimum atomic E-state index is -1.28. The zero-order valence-electron chi connectivity index (χ0n) is 9.83. The summed E-state index contributed by atoms with van der Waals surface area (Å²) in [6, 6.07) is 5.09. The van der Waals surface area contributed by atoms with Crippen molar-refractivity contribution in [2.75, 3.05) is 0 Å². The highest BCUT2D eigenvalue weighted by Gasteiger charge is 2.19. The standard InChI is InChI=1S/C13H7Cl2F2NO2/c14-6-2-1-3-7(15)12(6)13-9(17)4-8(16)10(18-13)5-11(19)20/h1-4H,5H2,(H,19,20). The topological polar surface area (TPSA) is 50.2 Å². The number of carboxylic acid groups (broad SMARTS) is 1. The first kappa shape index (κ1) is 14.7. The van der Waals surface area contributed by atoms with Gasteiger partial charge in [-0.2, -0.15) is 0 Å². The lowest BCUT2D eigenvalue weighted by Crippen LogP contribution is -2.07. The van der Waals surface area contributed by atoms with Crippen LogP contribution in [0.25, 0.3) is 11.3 Å². The zero-order valence-corrected chi connectivity index (χ0v) is 11.3. The Hall–Kier alpha value is -1.72. The second kappa shape index (κ2) is 5.73. The summed E-state index contributed by atoms with van der Waals surface area (Å²) in [7, 11) is 0. The van der Waals surface area contributed by atoms with E-state index in [0.717, 1.165) is 0 Å². The number of halogens is 4. The van der Waals surface area contributed by atoms with Crippen molar-refractivity contribution in [2.24, 2.45) is 0 Å². The molecular weight excluding hydrogens is 311 g/mol. The summed E-state index contributed by atoms with van der Waals surface area (Å²) in [5.74, 6) is -3.28. The predicted molar refractivity (Wildman–Crippen MR) is 70.9 cm³/mol. The number of hydrogen-bond donors (Lipinski definition) is 1. The Morgan fingerprint density at radius 2 is 1.80 bits per heavy atom. The van der Waals surface area contributed by atoms with E-state index in [1.807, 2.05) is 0 Å². The van der Waals surface area contributed by atoms with Gasteiger partial charge in [0.2, 0.25) is 0 Å². The normalized spacial score (nSPS) is 10.6. The molecule has 0 unspecified atom stereocenters. The Balaban J connectivity index is 2.65. The summed E-state index contributed by atoms with van der Waals surface area (Å²) < 4.78 is 27.3. The van der Waals surface area contributed by atoms with Crippen LogP contribution in [0.3, 0.4) is 0 Å². The lowest BCUT2D eigenvalue weighted by Gasteiger charge is -2.09. The summed E-state index contributed by atoms with van der Waals surface area (Å²) in [5, 5.41) is 8.95. The van der Waals surface area contributed by atoms with Crippen molar-refractivity contribution >= 4 is 29.2 Å². The quantitative estimate of drug-likeness (QED) is 0.932. The summed E-state index contributed by atoms with van der Waals surface area (Å²) in [5.41, 5.74) is -0.567. The van der Waals surface area contributed by atoms with Gasteiger partial charge in [0.15, 0.2) is 5.82 Å². The Kier molecular flexibility index (Phi) is 4.20. The molecule has 1 N–H and O–H groups in total. The van der Waals surface area contributed by atoms with E-state index >= 15 is 0 Å². The van der Waals surface area contributed by atoms with E-state index in [1.54, 1.807) is 6.07 Å². The highest BCUT2D eigenvalue weighted by molar-refractivity contribution is 6.39. The lowest BCUT2D eigenvalue weighted by atomic mass is 10.1. The first-order valence-electron chi connectivity index (χ1n) is 5.41. The molecule has 0 aliphatic heterocycles. The number of aromatic nitrogens is 1. The molecule has 104 valence electrons. The Morgan fingerprint density at radius 1 is 1.20 bits per heavy atom. The second-order valence-corrected chi connectivity index (χ2v) is 4.73. The van der Waals surface area contributed by atoms with Gasteiger partial charge < -0.3 is 5.11 Å². The molecule has 0 bridgehead atoms. The molecule has 0 saturated carbocycles. The van der Waals surface area contributed by atoms with E-state index in [9.17, 15) is 13.6 Å². The van der Waals surface area contributed by atoms with Crippen molar-refractivity contribution in [2.45, 2.75) is 6.42 Å². The molecule has 0 atom stereocenters. The fourth-order valence-corrected chi connectivity index (χ4v) is 2.25. The molecule has 1 heterocycles. The minimum absolute atomic E-state index is 0.0972. The third-order valence-corrected chi connectivity index (χ3v) is 3.15. The smallest absolute Gasteiger partial charge is 0.309 e. The number of pyridine rings is 1. The number of carboxylic acids is 1. The molecule has 0 amide bonds. The average Bonchev–Trinajstić information content (AvgIpc) is 2.33. The minimum Gasteiger partial charge on any atom is -0.481 e. The van der Waals surface area contributed by atoms with Crippen LogP contribution in [0.4, 0.5) is 8.78 Å². The molecule has 1 aromatic heterocycles. The van der Waals surface area contributed by atoms with E-state index in [4.69, 9.17) is 28.3 Å². The molecule has 20 heavy (non-hydrogen) atoms. The number of carbonyl (C=O) groups is 1. The molecule has 0 aliphatic rings. The maximum absolute atomic E-state index is 13.8. The van der Waals surface area contributed by atoms with Gasteiger partial charge in [0.25, 0.3) is 0 Å². The van der Waals surface area contributed by atoms with E-state index in [-0.39, 0.29) is 27.0 Å². The van der Waals surface area contributed by atoms with E-state index < -0.39 is 24.0 Å². The van der Waals surface area contributed by atoms with Crippen molar-refractivity contribution in [3.8, 4) is 11.3 Å². The molecule has 2 aromatic rings. The molecular formula is C13H7Cl2F2NO2. The van der Waals surface area contributed by atoms with Crippen LogP contribution in [0.15, 0.2) is 24.3 Å². The molecule has 3 nitrogen and oxygen atoms in total. The number of benzene rings is 1. The third-order valence-electron chi connectivity index (χ3n) is 2.52. The van der Waals surface area contributed by atoms with Gasteiger partial charge in [0.1, 0.15) is 11.5 Å². The molecule has 0 radical (unpaired) electrons. The zero-order chi connectivity index (χ0) is 14.9. The fourth-order valence-electron chi connectivity index (χ4n) is 1.67. The van der Waals surface area contributed by atoms with Crippen LogP contribution in [-0.2, 0) is 11.2 Å². The molecule has 0 aliphatic carbocycles. The number of hydrogen-bond acceptors (Lipinski definition) is 2. The lowest BCUT2D eigenvalue weighted by molar-refractivity contribution is -0.136. The van der Waals surface area contributed by atoms with Gasteiger partial charge in [-0.3, -0.25) is 4.79 Å². The number of rotatable bonds is 3. The SMILES string of the molecule is O=C(O)Cc1nc(-c2c(Cl)cccc2Cl)c(F)cc1F. The van der Waals surface area contributed by atoms with E-state index in [2.05, 4.69) is 4.98 Å². The summed E-state index contributed by atoms with van der Waals surface area (Å²) in [6.45, 7) is 0. The average molecular weight is 318 g/mol. The molecule has 0 saturated heterocycles. The molecule has 2 rings (SSSR count). The van der Waals surface area contributed by atoms with Gasteiger partial charge in [-0.1, -0.05) is 29.3 Å². The number of nitrogens with zero attached hydrogens (tertiary/aromatic N) is 1. The van der Waals surface area contributed by atoms with Gasteiger partial charge in [-0.15, -0.1) is 0 Å². The Labute approximate surface area is 122 Å². The highest BCUT2D eigenvalue weighted by Crippen LogP contribution is 2.35. The fraction of sp³-hybridized carbons (Fsp3) is 0.0769. The van der Waals surface area contributed by atoms with Gasteiger partial charge in [0, 0.05) is 11.6 Å². The van der Waals surface area contributed by atoms with Crippen LogP contribution < -0.4 is 0 Å².